The maximum atomic E-state index is 10.1. The van der Waals surface area contributed by atoms with Crippen molar-refractivity contribution in [2.24, 2.45) is 0 Å². The third-order valence-corrected chi connectivity index (χ3v) is 12.4. The minimum absolute atomic E-state index is 0. The van der Waals surface area contributed by atoms with Gasteiger partial charge in [0.15, 0.2) is 0 Å². The number of hydrogen-bond acceptors (Lipinski definition) is 1. The lowest BCUT2D eigenvalue weighted by Crippen LogP contribution is -3.00. The van der Waals surface area contributed by atoms with Crippen molar-refractivity contribution in [3.8, 4) is 0 Å². The van der Waals surface area contributed by atoms with Crippen molar-refractivity contribution in [3.63, 3.8) is 0 Å². The Bertz CT molecular complexity index is 893. The molecule has 3 aromatic carbocycles. The predicted molar refractivity (Wildman–Crippen MR) is 129 cm³/mol. The summed E-state index contributed by atoms with van der Waals surface area (Å²) in [6, 6.07) is 34.4. The molecule has 1 spiro atoms. The summed E-state index contributed by atoms with van der Waals surface area (Å²) in [5.74, 6) is 0. The Kier molecular flexibility index (Phi) is 6.75. The number of halogens is 1. The second-order valence-electron chi connectivity index (χ2n) is 8.81. The molecule has 0 amide bonds. The van der Waals surface area contributed by atoms with Gasteiger partial charge in [0.2, 0.25) is 0 Å². The third kappa shape index (κ3) is 3.44. The van der Waals surface area contributed by atoms with E-state index in [1.54, 1.807) is 0 Å². The zero-order chi connectivity index (χ0) is 20.6. The van der Waals surface area contributed by atoms with Crippen molar-refractivity contribution >= 4 is 30.6 Å². The van der Waals surface area contributed by atoms with E-state index in [0.29, 0.717) is 24.2 Å². The Hall–Kier alpha value is -1.45. The van der Waals surface area contributed by atoms with E-state index >= 15 is 0 Å². The summed E-state index contributed by atoms with van der Waals surface area (Å²) in [6.07, 6.45) is 2.35. The van der Waals surface area contributed by atoms with Gasteiger partial charge in [0.25, 0.3) is 0 Å². The van der Waals surface area contributed by atoms with Gasteiger partial charge in [-0.25, -0.2) is 0 Å². The van der Waals surface area contributed by atoms with Crippen molar-refractivity contribution in [2.45, 2.75) is 37.4 Å². The fraction of sp³-hybridized carbons (Fsp3) is 0.308. The fourth-order valence-corrected chi connectivity index (χ4v) is 11.3. The normalized spacial score (nSPS) is 27.5. The Labute approximate surface area is 198 Å². The van der Waals surface area contributed by atoms with Gasteiger partial charge in [-0.2, -0.15) is 0 Å². The van der Waals surface area contributed by atoms with E-state index in [0.717, 1.165) is 10.8 Å². The Balaban J connectivity index is 0.00000231. The highest BCUT2D eigenvalue weighted by atomic mass is 79.9. The van der Waals surface area contributed by atoms with Crippen LogP contribution in [0.5, 0.6) is 0 Å². The molecule has 160 valence electrons. The van der Waals surface area contributed by atoms with Gasteiger partial charge in [-0.3, -0.25) is 0 Å². The largest absolute Gasteiger partial charge is 1.00 e. The standard InChI is InChI=1S/C26H30BNOP.BrH/c1-21-26(27-28(21)19-11-12-22(28)20-29)30(23-13-5-2-6-14-23,24-15-7-3-8-16-24)25-17-9-4-10-18-25;/h2-10,13-18,21-22,26,29H,11-12,19-20H2,1H3;1H/q+1;/p-1/t21-,22+,26-,28?;/m1./s1. The van der Waals surface area contributed by atoms with Crippen LogP contribution >= 0.6 is 7.26 Å². The quantitative estimate of drug-likeness (QED) is 0.400. The van der Waals surface area contributed by atoms with Crippen LogP contribution in [0.1, 0.15) is 19.8 Å². The van der Waals surface area contributed by atoms with Crippen LogP contribution in [-0.4, -0.2) is 47.7 Å². The van der Waals surface area contributed by atoms with Crippen LogP contribution in [0.4, 0.5) is 0 Å². The van der Waals surface area contributed by atoms with Gasteiger partial charge in [0.05, 0.1) is 27.3 Å². The van der Waals surface area contributed by atoms with Crippen LogP contribution < -0.4 is 32.9 Å². The Morgan fingerprint density at radius 1 is 0.839 bits per heavy atom. The van der Waals surface area contributed by atoms with E-state index in [9.17, 15) is 5.11 Å². The van der Waals surface area contributed by atoms with Crippen molar-refractivity contribution < 1.29 is 26.5 Å². The first-order valence-electron chi connectivity index (χ1n) is 11.1. The van der Waals surface area contributed by atoms with Crippen molar-refractivity contribution in [1.29, 1.82) is 0 Å². The van der Waals surface area contributed by atoms with Crippen LogP contribution in [0.2, 0.25) is 0 Å². The topological polar surface area (TPSA) is 20.2 Å². The minimum Gasteiger partial charge on any atom is -1.00 e. The van der Waals surface area contributed by atoms with Crippen molar-refractivity contribution in [3.05, 3.63) is 91.0 Å². The number of benzene rings is 3. The number of nitrogens with zero attached hydrogens (tertiary/aromatic N) is 1. The Morgan fingerprint density at radius 2 is 1.29 bits per heavy atom. The SMILES string of the molecule is C[C@@H]1[C@@H]([P+](c2ccccc2)(c2ccccc2)c2ccccc2)[B-][N+]12CCC[C@H]2CO.[Br-]. The average Bonchev–Trinajstić information content (AvgIpc) is 3.27. The number of quaternary nitrogens is 1. The van der Waals surface area contributed by atoms with E-state index in [1.165, 1.54) is 28.9 Å². The molecule has 3 aromatic rings. The second-order valence-corrected chi connectivity index (χ2v) is 12.4. The molecule has 0 bridgehead atoms. The zero-order valence-corrected chi connectivity index (χ0v) is 20.5. The van der Waals surface area contributed by atoms with Gasteiger partial charge in [-0.1, -0.05) is 54.6 Å². The highest BCUT2D eigenvalue weighted by Crippen LogP contribution is 2.65. The van der Waals surface area contributed by atoms with Crippen LogP contribution in [0.25, 0.3) is 0 Å². The Morgan fingerprint density at radius 3 is 1.68 bits per heavy atom. The molecule has 2 heterocycles. The lowest BCUT2D eigenvalue weighted by atomic mass is 9.64. The molecule has 2 radical (unpaired) electrons. The van der Waals surface area contributed by atoms with Crippen molar-refractivity contribution in [2.75, 3.05) is 13.2 Å². The van der Waals surface area contributed by atoms with E-state index in [2.05, 4.69) is 105 Å². The van der Waals surface area contributed by atoms with Gasteiger partial charge >= 0.3 is 0 Å². The molecule has 2 fully saturated rings. The summed E-state index contributed by atoms with van der Waals surface area (Å²) in [5, 5.41) is 14.5. The summed E-state index contributed by atoms with van der Waals surface area (Å²) < 4.78 is 0.995. The molecule has 2 saturated heterocycles. The lowest BCUT2D eigenvalue weighted by molar-refractivity contribution is -0.880. The highest BCUT2D eigenvalue weighted by molar-refractivity contribution is 7.97. The lowest BCUT2D eigenvalue weighted by Gasteiger charge is -2.71. The first-order chi connectivity index (χ1) is 14.7. The monoisotopic (exact) mass is 493 g/mol. The first kappa shape index (κ1) is 22.7. The molecule has 1 N–H and O–H groups in total. The number of rotatable bonds is 5. The molecule has 0 saturated carbocycles. The summed E-state index contributed by atoms with van der Waals surface area (Å²) in [5.41, 5.74) is 0.469. The predicted octanol–water partition coefficient (Wildman–Crippen LogP) is 0.303. The first-order valence-corrected chi connectivity index (χ1v) is 13.0. The van der Waals surface area contributed by atoms with E-state index in [4.69, 9.17) is 0 Å². The molecule has 5 heteroatoms. The second kappa shape index (κ2) is 9.20. The highest BCUT2D eigenvalue weighted by Gasteiger charge is 2.61. The number of hydrogen-bond donors (Lipinski definition) is 1. The van der Waals surface area contributed by atoms with Gasteiger partial charge < -0.3 is 26.5 Å². The molecule has 0 aromatic heterocycles. The minimum atomic E-state index is -1.88. The summed E-state index contributed by atoms with van der Waals surface area (Å²) in [7, 11) is 0.742. The molecule has 2 aliphatic rings. The molecule has 4 atom stereocenters. The van der Waals surface area contributed by atoms with Crippen LogP contribution in [0.15, 0.2) is 91.0 Å². The molecule has 5 rings (SSSR count). The molecular formula is C26H30BBrNOP. The maximum absolute atomic E-state index is 10.1. The molecule has 0 aliphatic carbocycles. The van der Waals surface area contributed by atoms with E-state index < -0.39 is 7.26 Å². The molecular weight excluding hydrogens is 464 g/mol. The maximum Gasteiger partial charge on any atom is 0.101 e. The molecule has 2 nitrogen and oxygen atoms in total. The van der Waals surface area contributed by atoms with Gasteiger partial charge in [0, 0.05) is 24.6 Å². The summed E-state index contributed by atoms with van der Waals surface area (Å²) in [4.78, 5) is 0. The van der Waals surface area contributed by atoms with Crippen LogP contribution in [-0.2, 0) is 0 Å². The van der Waals surface area contributed by atoms with Gasteiger partial charge in [-0.15, -0.1) is 0 Å². The molecule has 2 aliphatic heterocycles. The molecule has 1 unspecified atom stereocenters. The molecule has 31 heavy (non-hydrogen) atoms. The van der Waals surface area contributed by atoms with E-state index in [-0.39, 0.29) is 17.0 Å². The van der Waals surface area contributed by atoms with E-state index in [1.807, 2.05) is 0 Å². The van der Waals surface area contributed by atoms with Crippen LogP contribution in [0, 0.1) is 0 Å². The average molecular weight is 494 g/mol. The summed E-state index contributed by atoms with van der Waals surface area (Å²) >= 11 is 0. The van der Waals surface area contributed by atoms with Crippen LogP contribution in [0.3, 0.4) is 0 Å². The third-order valence-electron chi connectivity index (χ3n) is 7.59. The van der Waals surface area contributed by atoms with Crippen molar-refractivity contribution in [1.82, 2.24) is 0 Å². The summed E-state index contributed by atoms with van der Waals surface area (Å²) in [6.45, 7) is 3.89. The van der Waals surface area contributed by atoms with Gasteiger partial charge in [0.1, 0.15) is 15.9 Å². The zero-order valence-electron chi connectivity index (χ0n) is 18.0. The fourth-order valence-electron chi connectivity index (χ4n) is 6.10. The smallest absolute Gasteiger partial charge is 0.101 e. The number of aliphatic hydroxyl groups excluding tert-OH is 1. The number of aliphatic hydroxyl groups is 1. The van der Waals surface area contributed by atoms with Gasteiger partial charge in [-0.05, 0) is 49.7 Å².